The van der Waals surface area contributed by atoms with E-state index in [0.29, 0.717) is 17.4 Å². The van der Waals surface area contributed by atoms with Crippen molar-refractivity contribution in [2.75, 3.05) is 33.8 Å². The molecule has 0 bridgehead atoms. The number of benzene rings is 1. The Kier molecular flexibility index (Phi) is 7.26. The summed E-state index contributed by atoms with van der Waals surface area (Å²) in [6, 6.07) is 2.44. The molecule has 1 aliphatic heterocycles. The second-order valence-corrected chi connectivity index (χ2v) is 6.96. The highest BCUT2D eigenvalue weighted by atomic mass is 32.1. The van der Waals surface area contributed by atoms with Crippen molar-refractivity contribution >= 4 is 23.3 Å². The molecule has 0 aromatic heterocycles. The van der Waals surface area contributed by atoms with E-state index in [1.54, 1.807) is 13.8 Å². The van der Waals surface area contributed by atoms with Crippen LogP contribution in [0.15, 0.2) is 29.5 Å². The van der Waals surface area contributed by atoms with E-state index in [-0.39, 0.29) is 17.7 Å². The Labute approximate surface area is 164 Å². The quantitative estimate of drug-likeness (QED) is 0.564. The summed E-state index contributed by atoms with van der Waals surface area (Å²) in [5.74, 6) is -1.97. The van der Waals surface area contributed by atoms with Gasteiger partial charge in [0.2, 0.25) is 0 Å². The minimum absolute atomic E-state index is 0.147. The van der Waals surface area contributed by atoms with Crippen LogP contribution in [0.2, 0.25) is 0 Å². The first kappa shape index (κ1) is 21.2. The number of allylic oxidation sites excluding steroid dienone is 1. The topological polar surface area (TPSA) is 44.8 Å². The Morgan fingerprint density at radius 3 is 2.67 bits per heavy atom. The number of nitrogens with one attached hydrogen (secondary N) is 1. The van der Waals surface area contributed by atoms with Crippen molar-refractivity contribution in [2.45, 2.75) is 26.3 Å². The zero-order valence-corrected chi connectivity index (χ0v) is 16.8. The molecule has 5 nitrogen and oxygen atoms in total. The summed E-state index contributed by atoms with van der Waals surface area (Å²) >= 11 is 5.45. The largest absolute Gasteiger partial charge is 0.463 e. The Morgan fingerprint density at radius 2 is 2.07 bits per heavy atom. The van der Waals surface area contributed by atoms with Crippen LogP contribution in [0.4, 0.5) is 8.78 Å². The Morgan fingerprint density at radius 1 is 1.37 bits per heavy atom. The van der Waals surface area contributed by atoms with Crippen molar-refractivity contribution < 1.29 is 18.3 Å². The van der Waals surface area contributed by atoms with Crippen molar-refractivity contribution in [3.63, 3.8) is 0 Å². The van der Waals surface area contributed by atoms with Gasteiger partial charge in [0, 0.05) is 23.9 Å². The molecule has 1 aromatic carbocycles. The number of hydrogen-bond acceptors (Lipinski definition) is 4. The third kappa shape index (κ3) is 5.01. The zero-order valence-electron chi connectivity index (χ0n) is 16.0. The normalized spacial score (nSPS) is 17.4. The number of rotatable bonds is 7. The van der Waals surface area contributed by atoms with Gasteiger partial charge in [0.25, 0.3) is 0 Å². The maximum absolute atomic E-state index is 14.4. The number of halogens is 2. The van der Waals surface area contributed by atoms with Gasteiger partial charge in [-0.3, -0.25) is 0 Å². The molecule has 0 amide bonds. The van der Waals surface area contributed by atoms with Crippen LogP contribution in [-0.2, 0) is 9.53 Å². The SMILES string of the molecule is CCOC(=O)C1=C(C)N(CCCN(C)C)C(=S)N[C@@H]1c1ccc(F)cc1F. The molecular formula is C19H25F2N3O2S. The van der Waals surface area contributed by atoms with E-state index < -0.39 is 23.6 Å². The summed E-state index contributed by atoms with van der Waals surface area (Å²) in [7, 11) is 3.96. The standard InChI is InChI=1S/C19H25F2N3O2S/c1-5-26-18(25)16-12(2)24(10-6-9-23(3)4)19(27)22-17(16)14-8-7-13(20)11-15(14)21/h7-8,11,17H,5-6,9-10H2,1-4H3,(H,22,27)/t17-/m1/s1. The highest BCUT2D eigenvalue weighted by Gasteiger charge is 2.35. The third-order valence-corrected chi connectivity index (χ3v) is 4.69. The van der Waals surface area contributed by atoms with Crippen LogP contribution in [0.1, 0.15) is 31.9 Å². The molecule has 1 N–H and O–H groups in total. The fourth-order valence-corrected chi connectivity index (χ4v) is 3.38. The predicted octanol–water partition coefficient (Wildman–Crippen LogP) is 2.98. The first-order chi connectivity index (χ1) is 12.8. The van der Waals surface area contributed by atoms with Gasteiger partial charge in [0.1, 0.15) is 11.6 Å². The Bertz CT molecular complexity index is 752. The lowest BCUT2D eigenvalue weighted by Crippen LogP contribution is -2.48. The van der Waals surface area contributed by atoms with Gasteiger partial charge in [-0.2, -0.15) is 0 Å². The fraction of sp³-hybridized carbons (Fsp3) is 0.474. The van der Waals surface area contributed by atoms with Crippen molar-refractivity contribution in [1.82, 2.24) is 15.1 Å². The minimum Gasteiger partial charge on any atom is -0.463 e. The van der Waals surface area contributed by atoms with E-state index in [4.69, 9.17) is 17.0 Å². The zero-order chi connectivity index (χ0) is 20.1. The van der Waals surface area contributed by atoms with Crippen LogP contribution in [0.25, 0.3) is 0 Å². The maximum atomic E-state index is 14.4. The minimum atomic E-state index is -0.831. The molecule has 1 atom stereocenters. The lowest BCUT2D eigenvalue weighted by Gasteiger charge is -2.37. The molecule has 0 saturated carbocycles. The highest BCUT2D eigenvalue weighted by Crippen LogP contribution is 2.33. The first-order valence-corrected chi connectivity index (χ1v) is 9.22. The van der Waals surface area contributed by atoms with Gasteiger partial charge < -0.3 is 19.9 Å². The Hall–Kier alpha value is -2.06. The van der Waals surface area contributed by atoms with Gasteiger partial charge in [-0.25, -0.2) is 13.6 Å². The van der Waals surface area contributed by atoms with E-state index in [1.807, 2.05) is 19.0 Å². The van der Waals surface area contributed by atoms with E-state index in [9.17, 15) is 13.6 Å². The van der Waals surface area contributed by atoms with Crippen LogP contribution in [0, 0.1) is 11.6 Å². The molecule has 2 rings (SSSR count). The second kappa shape index (κ2) is 9.23. The summed E-state index contributed by atoms with van der Waals surface area (Å²) in [4.78, 5) is 16.5. The number of esters is 1. The molecule has 1 aliphatic rings. The highest BCUT2D eigenvalue weighted by molar-refractivity contribution is 7.80. The monoisotopic (exact) mass is 397 g/mol. The lowest BCUT2D eigenvalue weighted by atomic mass is 9.94. The van der Waals surface area contributed by atoms with Gasteiger partial charge in [-0.05, 0) is 59.2 Å². The molecule has 8 heteroatoms. The molecule has 1 aromatic rings. The molecule has 0 spiro atoms. The van der Waals surface area contributed by atoms with Crippen molar-refractivity contribution in [3.8, 4) is 0 Å². The van der Waals surface area contributed by atoms with Crippen LogP contribution < -0.4 is 5.32 Å². The molecular weight excluding hydrogens is 372 g/mol. The third-order valence-electron chi connectivity index (χ3n) is 4.35. The van der Waals surface area contributed by atoms with Crippen LogP contribution in [0.5, 0.6) is 0 Å². The molecule has 0 unspecified atom stereocenters. The number of ether oxygens (including phenoxy) is 1. The van der Waals surface area contributed by atoms with Crippen LogP contribution in [-0.4, -0.2) is 54.7 Å². The van der Waals surface area contributed by atoms with Gasteiger partial charge >= 0.3 is 5.97 Å². The van der Waals surface area contributed by atoms with Gasteiger partial charge in [0.05, 0.1) is 18.2 Å². The molecule has 0 radical (unpaired) electrons. The first-order valence-electron chi connectivity index (χ1n) is 8.81. The van der Waals surface area contributed by atoms with Crippen LogP contribution in [0.3, 0.4) is 0 Å². The number of thiocarbonyl (C=S) groups is 1. The smallest absolute Gasteiger partial charge is 0.338 e. The summed E-state index contributed by atoms with van der Waals surface area (Å²) in [6.45, 7) is 5.13. The fourth-order valence-electron chi connectivity index (χ4n) is 3.04. The van der Waals surface area contributed by atoms with Crippen molar-refractivity contribution in [1.29, 1.82) is 0 Å². The number of carbonyl (C=O) groups is 1. The van der Waals surface area contributed by atoms with Gasteiger partial charge in [-0.15, -0.1) is 0 Å². The van der Waals surface area contributed by atoms with Crippen molar-refractivity contribution in [2.24, 2.45) is 0 Å². The molecule has 27 heavy (non-hydrogen) atoms. The maximum Gasteiger partial charge on any atom is 0.338 e. The number of nitrogens with zero attached hydrogens (tertiary/aromatic N) is 2. The molecule has 0 aliphatic carbocycles. The summed E-state index contributed by atoms with van der Waals surface area (Å²) in [5, 5.41) is 3.42. The molecule has 0 saturated heterocycles. The van der Waals surface area contributed by atoms with E-state index in [1.165, 1.54) is 6.07 Å². The molecule has 148 valence electrons. The van der Waals surface area contributed by atoms with E-state index >= 15 is 0 Å². The van der Waals surface area contributed by atoms with Crippen LogP contribution >= 0.6 is 12.2 Å². The lowest BCUT2D eigenvalue weighted by molar-refractivity contribution is -0.139. The Balaban J connectivity index is 2.43. The van der Waals surface area contributed by atoms with E-state index in [2.05, 4.69) is 10.2 Å². The van der Waals surface area contributed by atoms with E-state index in [0.717, 1.165) is 25.1 Å². The summed E-state index contributed by atoms with van der Waals surface area (Å²) < 4.78 is 32.9. The van der Waals surface area contributed by atoms with Crippen molar-refractivity contribution in [3.05, 3.63) is 46.7 Å². The van der Waals surface area contributed by atoms with Gasteiger partial charge in [0.15, 0.2) is 5.11 Å². The average molecular weight is 397 g/mol. The molecule has 0 fully saturated rings. The number of carbonyl (C=O) groups excluding carboxylic acids is 1. The second-order valence-electron chi connectivity index (χ2n) is 6.58. The predicted molar refractivity (Wildman–Crippen MR) is 104 cm³/mol. The summed E-state index contributed by atoms with van der Waals surface area (Å²) in [6.07, 6.45) is 0.831. The summed E-state index contributed by atoms with van der Waals surface area (Å²) in [5.41, 5.74) is 1.04. The molecule has 1 heterocycles. The number of hydrogen-bond donors (Lipinski definition) is 1. The average Bonchev–Trinajstić information content (AvgIpc) is 2.57. The van der Waals surface area contributed by atoms with Gasteiger partial charge in [-0.1, -0.05) is 6.07 Å².